The summed E-state index contributed by atoms with van der Waals surface area (Å²) in [4.78, 5) is 11.6. The van der Waals surface area contributed by atoms with Crippen LogP contribution in [0.3, 0.4) is 0 Å². The van der Waals surface area contributed by atoms with Gasteiger partial charge in [0.15, 0.2) is 0 Å². The lowest BCUT2D eigenvalue weighted by Gasteiger charge is -2.06. The molecule has 0 heterocycles. The molecule has 0 aromatic heterocycles. The Kier molecular flexibility index (Phi) is 21.0. The number of hydrogen-bond donors (Lipinski definition) is 3. The van der Waals surface area contributed by atoms with Crippen LogP contribution in [-0.2, 0) is 4.79 Å². The van der Waals surface area contributed by atoms with E-state index in [0.29, 0.717) is 19.5 Å². The van der Waals surface area contributed by atoms with E-state index in [9.17, 15) is 4.79 Å². The van der Waals surface area contributed by atoms with Crippen LogP contribution in [0.4, 0.5) is 0 Å². The second-order valence-electron chi connectivity index (χ2n) is 6.87. The van der Waals surface area contributed by atoms with Crippen molar-refractivity contribution < 1.29 is 4.79 Å². The molecule has 0 rings (SSSR count). The highest BCUT2D eigenvalue weighted by molar-refractivity contribution is 5.75. The Labute approximate surface area is 162 Å². The third-order valence-electron chi connectivity index (χ3n) is 4.30. The second-order valence-corrected chi connectivity index (χ2v) is 6.87. The number of nitrogens with one attached hydrogen (secondary N) is 2. The van der Waals surface area contributed by atoms with Gasteiger partial charge in [0.2, 0.25) is 5.91 Å². The highest BCUT2D eigenvalue weighted by Crippen LogP contribution is 2.08. The minimum atomic E-state index is 0.172. The first-order valence-corrected chi connectivity index (χ1v) is 10.8. The first kappa shape index (κ1) is 24.9. The number of rotatable bonds is 19. The first-order valence-electron chi connectivity index (χ1n) is 10.8. The number of unbranched alkanes of at least 4 members (excludes halogenated alkanes) is 8. The summed E-state index contributed by atoms with van der Waals surface area (Å²) in [5, 5.41) is 6.10. The van der Waals surface area contributed by atoms with E-state index < -0.39 is 0 Å². The molecule has 4 N–H and O–H groups in total. The fourth-order valence-corrected chi connectivity index (χ4v) is 2.70. The highest BCUT2D eigenvalue weighted by Gasteiger charge is 1.99. The number of hydrogen-bond acceptors (Lipinski definition) is 3. The van der Waals surface area contributed by atoms with Crippen molar-refractivity contribution >= 4 is 5.91 Å². The molecule has 0 aromatic carbocycles. The molecule has 0 saturated carbocycles. The van der Waals surface area contributed by atoms with Gasteiger partial charge in [-0.1, -0.05) is 63.3 Å². The number of allylic oxidation sites excluding steroid dienone is 4. The molecule has 0 aliphatic carbocycles. The quantitative estimate of drug-likeness (QED) is 0.234. The van der Waals surface area contributed by atoms with Crippen LogP contribution in [0, 0.1) is 0 Å². The molecular formula is C22H43N3O. The molecule has 0 spiro atoms. The van der Waals surface area contributed by atoms with Crippen molar-refractivity contribution in [2.75, 3.05) is 26.2 Å². The Balaban J connectivity index is 3.25. The lowest BCUT2D eigenvalue weighted by molar-refractivity contribution is -0.121. The van der Waals surface area contributed by atoms with Crippen LogP contribution in [0.5, 0.6) is 0 Å². The molecule has 152 valence electrons. The molecule has 4 heteroatoms. The van der Waals surface area contributed by atoms with Crippen LogP contribution in [-0.4, -0.2) is 32.1 Å². The van der Waals surface area contributed by atoms with Crippen LogP contribution in [0.15, 0.2) is 24.3 Å². The average molecular weight is 366 g/mol. The predicted octanol–water partition coefficient (Wildman–Crippen LogP) is 4.46. The van der Waals surface area contributed by atoms with Crippen molar-refractivity contribution in [3.8, 4) is 0 Å². The molecule has 0 bridgehead atoms. The zero-order valence-corrected chi connectivity index (χ0v) is 17.1. The van der Waals surface area contributed by atoms with E-state index in [1.165, 1.54) is 51.4 Å². The molecule has 0 fully saturated rings. The second kappa shape index (κ2) is 21.9. The van der Waals surface area contributed by atoms with E-state index in [1.807, 2.05) is 0 Å². The van der Waals surface area contributed by atoms with Crippen LogP contribution < -0.4 is 16.4 Å². The van der Waals surface area contributed by atoms with Gasteiger partial charge in [0.1, 0.15) is 0 Å². The van der Waals surface area contributed by atoms with E-state index in [-0.39, 0.29) is 5.91 Å². The summed E-state index contributed by atoms with van der Waals surface area (Å²) in [5.41, 5.74) is 5.38. The molecule has 0 unspecified atom stereocenters. The number of amides is 1. The summed E-state index contributed by atoms with van der Waals surface area (Å²) in [6, 6.07) is 0. The van der Waals surface area contributed by atoms with Crippen LogP contribution in [0.25, 0.3) is 0 Å². The minimum Gasteiger partial charge on any atom is -0.355 e. The fourth-order valence-electron chi connectivity index (χ4n) is 2.70. The lowest BCUT2D eigenvalue weighted by atomic mass is 10.1. The smallest absolute Gasteiger partial charge is 0.220 e. The molecule has 0 saturated heterocycles. The van der Waals surface area contributed by atoms with Crippen molar-refractivity contribution in [1.82, 2.24) is 10.6 Å². The summed E-state index contributed by atoms with van der Waals surface area (Å²) in [7, 11) is 0. The average Bonchev–Trinajstić information content (AvgIpc) is 2.64. The summed E-state index contributed by atoms with van der Waals surface area (Å²) >= 11 is 0. The van der Waals surface area contributed by atoms with Crippen LogP contribution in [0.1, 0.15) is 84.0 Å². The Hall–Kier alpha value is -1.13. The Morgan fingerprint density at radius 2 is 1.46 bits per heavy atom. The van der Waals surface area contributed by atoms with Gasteiger partial charge in [-0.15, -0.1) is 0 Å². The van der Waals surface area contributed by atoms with Gasteiger partial charge in [-0.2, -0.15) is 0 Å². The third kappa shape index (κ3) is 20.9. The van der Waals surface area contributed by atoms with Gasteiger partial charge in [-0.25, -0.2) is 0 Å². The Bertz CT molecular complexity index is 353. The predicted molar refractivity (Wildman–Crippen MR) is 114 cm³/mol. The van der Waals surface area contributed by atoms with Gasteiger partial charge < -0.3 is 16.4 Å². The number of nitrogens with two attached hydrogens (primary N) is 1. The molecular weight excluding hydrogens is 322 g/mol. The zero-order valence-electron chi connectivity index (χ0n) is 17.1. The maximum atomic E-state index is 11.6. The van der Waals surface area contributed by atoms with Crippen LogP contribution in [0.2, 0.25) is 0 Å². The summed E-state index contributed by atoms with van der Waals surface area (Å²) in [6.07, 6.45) is 23.2. The molecule has 1 amide bonds. The first-order chi connectivity index (χ1) is 12.8. The number of carbonyl (C=O) groups excluding carboxylic acids is 1. The normalized spacial score (nSPS) is 11.6. The topological polar surface area (TPSA) is 67.2 Å². The van der Waals surface area contributed by atoms with Gasteiger partial charge in [-0.3, -0.25) is 4.79 Å². The molecule has 26 heavy (non-hydrogen) atoms. The Morgan fingerprint density at radius 3 is 2.15 bits per heavy atom. The summed E-state index contributed by atoms with van der Waals surface area (Å²) in [5.74, 6) is 0.172. The lowest BCUT2D eigenvalue weighted by Crippen LogP contribution is -2.33. The molecule has 0 aliphatic heterocycles. The fraction of sp³-hybridized carbons (Fsp3) is 0.773. The summed E-state index contributed by atoms with van der Waals surface area (Å²) < 4.78 is 0. The maximum Gasteiger partial charge on any atom is 0.220 e. The maximum absolute atomic E-state index is 11.6. The van der Waals surface area contributed by atoms with Gasteiger partial charge in [0.05, 0.1) is 0 Å². The van der Waals surface area contributed by atoms with Crippen molar-refractivity contribution in [1.29, 1.82) is 0 Å². The van der Waals surface area contributed by atoms with Gasteiger partial charge >= 0.3 is 0 Å². The van der Waals surface area contributed by atoms with E-state index in [4.69, 9.17) is 5.73 Å². The third-order valence-corrected chi connectivity index (χ3v) is 4.30. The van der Waals surface area contributed by atoms with Crippen LogP contribution >= 0.6 is 0 Å². The minimum absolute atomic E-state index is 0.172. The van der Waals surface area contributed by atoms with Crippen molar-refractivity contribution in [3.63, 3.8) is 0 Å². The molecule has 4 nitrogen and oxygen atoms in total. The largest absolute Gasteiger partial charge is 0.355 e. The van der Waals surface area contributed by atoms with E-state index in [1.54, 1.807) is 0 Å². The summed E-state index contributed by atoms with van der Waals surface area (Å²) in [6.45, 7) is 5.18. The van der Waals surface area contributed by atoms with Crippen molar-refractivity contribution in [2.24, 2.45) is 5.73 Å². The molecule has 0 aliphatic rings. The SMILES string of the molecule is CCCCC/C=C/C/C=C/CCCCCCCC(=O)NCCNCCN. The molecule has 0 atom stereocenters. The van der Waals surface area contributed by atoms with Gasteiger partial charge in [0, 0.05) is 32.6 Å². The highest BCUT2D eigenvalue weighted by atomic mass is 16.1. The van der Waals surface area contributed by atoms with Gasteiger partial charge in [-0.05, 0) is 38.5 Å². The monoisotopic (exact) mass is 365 g/mol. The van der Waals surface area contributed by atoms with E-state index in [0.717, 1.165) is 32.4 Å². The van der Waals surface area contributed by atoms with Gasteiger partial charge in [0.25, 0.3) is 0 Å². The van der Waals surface area contributed by atoms with Crippen molar-refractivity contribution in [3.05, 3.63) is 24.3 Å². The molecule has 0 aromatic rings. The van der Waals surface area contributed by atoms with Crippen molar-refractivity contribution in [2.45, 2.75) is 84.0 Å². The molecule has 0 radical (unpaired) electrons. The van der Waals surface area contributed by atoms with E-state index in [2.05, 4.69) is 41.9 Å². The standard InChI is InChI=1S/C22H43N3O/c1-2-3-4-5-6-7-8-9-10-11-12-13-14-15-16-17-22(26)25-21-20-24-19-18-23/h6-7,9-10,24H,2-5,8,11-21,23H2,1H3,(H,25,26)/b7-6+,10-9+. The van der Waals surface area contributed by atoms with E-state index >= 15 is 0 Å². The Morgan fingerprint density at radius 1 is 0.808 bits per heavy atom. The number of carbonyl (C=O) groups is 1. The zero-order chi connectivity index (χ0) is 19.1.